The van der Waals surface area contributed by atoms with E-state index in [4.69, 9.17) is 32.8 Å². The van der Waals surface area contributed by atoms with Crippen molar-refractivity contribution >= 4 is 27.3 Å². The molecule has 0 aliphatic carbocycles. The molecule has 47 heavy (non-hydrogen) atoms. The minimum absolute atomic E-state index is 0.311. The molecule has 0 saturated carbocycles. The molecule has 0 N–H and O–H groups in total. The minimum atomic E-state index is 0.311. The van der Waals surface area contributed by atoms with Crippen LogP contribution in [0.25, 0.3) is 27.4 Å². The van der Waals surface area contributed by atoms with Gasteiger partial charge >= 0.3 is 0 Å². The summed E-state index contributed by atoms with van der Waals surface area (Å²) in [4.78, 5) is 5.35. The molecular formula is C36H31N3O7S. The normalized spacial score (nSPS) is 11.1. The molecule has 0 unspecified atom stereocenters. The van der Waals surface area contributed by atoms with Gasteiger partial charge in [0.15, 0.2) is 17.3 Å². The number of hydrogen-bond acceptors (Lipinski definition) is 10. The number of imidazole rings is 1. The molecule has 238 valence electrons. The third-order valence-electron chi connectivity index (χ3n) is 7.42. The van der Waals surface area contributed by atoms with Crippen molar-refractivity contribution in [1.82, 2.24) is 14.6 Å². The van der Waals surface area contributed by atoms with Crippen molar-refractivity contribution in [2.75, 3.05) is 21.3 Å². The molecule has 0 spiro atoms. The van der Waals surface area contributed by atoms with Gasteiger partial charge in [-0.3, -0.25) is 0 Å². The highest BCUT2D eigenvalue weighted by atomic mass is 32.1. The van der Waals surface area contributed by atoms with Crippen molar-refractivity contribution in [3.63, 3.8) is 0 Å². The monoisotopic (exact) mass is 649 g/mol. The standard InChI is InChI=1S/C36H31N3O7S/c1-40-27-16-31(28-18-33(46-32(28)17-27)29-19-39-35(37-29)47-36(38-39)42-3)45-22-24-10-7-11-26(14-24)43-21-25-12-13-30(34(15-25)41-2)44-20-23-8-5-4-6-9-23/h4-19H,20-22H2,1-3H3. The Morgan fingerprint density at radius 1 is 0.660 bits per heavy atom. The Labute approximate surface area is 274 Å². The molecule has 10 nitrogen and oxygen atoms in total. The Kier molecular flexibility index (Phi) is 8.52. The summed E-state index contributed by atoms with van der Waals surface area (Å²) in [5.74, 6) is 3.90. The Morgan fingerprint density at radius 3 is 2.26 bits per heavy atom. The number of rotatable bonds is 13. The zero-order valence-corrected chi connectivity index (χ0v) is 26.8. The van der Waals surface area contributed by atoms with Crippen LogP contribution in [0.15, 0.2) is 102 Å². The number of hydrogen-bond donors (Lipinski definition) is 0. The van der Waals surface area contributed by atoms with Crippen LogP contribution in [0, 0.1) is 0 Å². The summed E-state index contributed by atoms with van der Waals surface area (Å²) in [5.41, 5.74) is 4.27. The van der Waals surface area contributed by atoms with Crippen molar-refractivity contribution < 1.29 is 32.8 Å². The van der Waals surface area contributed by atoms with Gasteiger partial charge in [-0.05, 0) is 58.4 Å². The second kappa shape index (κ2) is 13.4. The number of fused-ring (bicyclic) bond motifs is 2. The highest BCUT2D eigenvalue weighted by Gasteiger charge is 2.17. The topological polar surface area (TPSA) is 98.7 Å². The van der Waals surface area contributed by atoms with Crippen molar-refractivity contribution in [2.45, 2.75) is 19.8 Å². The van der Waals surface area contributed by atoms with E-state index in [1.54, 1.807) is 32.0 Å². The molecule has 0 saturated heterocycles. The van der Waals surface area contributed by atoms with E-state index in [9.17, 15) is 0 Å². The lowest BCUT2D eigenvalue weighted by Crippen LogP contribution is -2.01. The van der Waals surface area contributed by atoms with Crippen LogP contribution in [0.2, 0.25) is 0 Å². The summed E-state index contributed by atoms with van der Waals surface area (Å²) in [6.45, 7) is 1.13. The van der Waals surface area contributed by atoms with Crippen LogP contribution >= 0.6 is 11.3 Å². The molecular weight excluding hydrogens is 618 g/mol. The molecule has 4 aromatic carbocycles. The lowest BCUT2D eigenvalue weighted by Gasteiger charge is -2.13. The van der Waals surface area contributed by atoms with Crippen LogP contribution in [-0.4, -0.2) is 35.9 Å². The zero-order chi connectivity index (χ0) is 32.2. The first-order chi connectivity index (χ1) is 23.1. The number of furan rings is 1. The summed E-state index contributed by atoms with van der Waals surface area (Å²) < 4.78 is 42.6. The fourth-order valence-electron chi connectivity index (χ4n) is 5.04. The number of ether oxygens (including phenoxy) is 6. The second-order valence-electron chi connectivity index (χ2n) is 10.6. The highest BCUT2D eigenvalue weighted by molar-refractivity contribution is 7.18. The molecule has 7 aromatic rings. The number of aromatic nitrogens is 3. The van der Waals surface area contributed by atoms with Gasteiger partial charge < -0.3 is 32.8 Å². The second-order valence-corrected chi connectivity index (χ2v) is 11.5. The Hall–Kier alpha value is -5.68. The zero-order valence-electron chi connectivity index (χ0n) is 26.0. The smallest absolute Gasteiger partial charge is 0.294 e. The highest BCUT2D eigenvalue weighted by Crippen LogP contribution is 2.38. The van der Waals surface area contributed by atoms with Crippen LogP contribution in [-0.2, 0) is 19.8 Å². The van der Waals surface area contributed by atoms with Gasteiger partial charge in [-0.25, -0.2) is 9.50 Å². The van der Waals surface area contributed by atoms with E-state index in [0.29, 0.717) is 70.0 Å². The molecule has 0 radical (unpaired) electrons. The van der Waals surface area contributed by atoms with Gasteiger partial charge in [0.05, 0.1) is 32.9 Å². The first-order valence-corrected chi connectivity index (χ1v) is 15.6. The molecule has 7 rings (SSSR count). The van der Waals surface area contributed by atoms with E-state index < -0.39 is 0 Å². The molecule has 11 heteroatoms. The molecule has 0 atom stereocenters. The first-order valence-electron chi connectivity index (χ1n) is 14.8. The molecule has 0 fully saturated rings. The van der Waals surface area contributed by atoms with E-state index >= 15 is 0 Å². The van der Waals surface area contributed by atoms with Crippen molar-refractivity contribution in [1.29, 1.82) is 0 Å². The third kappa shape index (κ3) is 6.66. The lowest BCUT2D eigenvalue weighted by atomic mass is 10.2. The Bertz CT molecular complexity index is 2110. The van der Waals surface area contributed by atoms with Crippen molar-refractivity contribution in [3.05, 3.63) is 114 Å². The molecule has 3 heterocycles. The molecule has 0 aliphatic heterocycles. The van der Waals surface area contributed by atoms with E-state index in [0.717, 1.165) is 27.8 Å². The van der Waals surface area contributed by atoms with Crippen LogP contribution in [0.1, 0.15) is 16.7 Å². The van der Waals surface area contributed by atoms with Gasteiger partial charge in [0.2, 0.25) is 4.96 Å². The SMILES string of the molecule is COc1cc(OCc2cccc(OCc3ccc(OCc4ccccc4)c(OC)c3)c2)c2cc(-c3cn4nc(OC)sc4n3)oc2c1. The van der Waals surface area contributed by atoms with E-state index in [-0.39, 0.29) is 0 Å². The third-order valence-corrected chi connectivity index (χ3v) is 8.31. The number of benzene rings is 4. The number of nitrogens with zero attached hydrogens (tertiary/aromatic N) is 3. The van der Waals surface area contributed by atoms with Crippen molar-refractivity contribution in [3.8, 4) is 45.4 Å². The van der Waals surface area contributed by atoms with E-state index in [1.807, 2.05) is 91.0 Å². The maximum absolute atomic E-state index is 6.31. The predicted octanol–water partition coefficient (Wildman–Crippen LogP) is 7.97. The maximum Gasteiger partial charge on any atom is 0.294 e. The summed E-state index contributed by atoms with van der Waals surface area (Å²) in [6, 6.07) is 29.3. The van der Waals surface area contributed by atoms with Gasteiger partial charge in [0, 0.05) is 12.1 Å². The molecule has 0 bridgehead atoms. The summed E-state index contributed by atoms with van der Waals surface area (Å²) in [5, 5.41) is 5.69. The quantitative estimate of drug-likeness (QED) is 0.123. The average Bonchev–Trinajstić information content (AvgIpc) is 3.83. The lowest BCUT2D eigenvalue weighted by molar-refractivity contribution is 0.281. The van der Waals surface area contributed by atoms with Crippen LogP contribution < -0.4 is 28.4 Å². The van der Waals surface area contributed by atoms with Crippen LogP contribution in [0.4, 0.5) is 0 Å². The summed E-state index contributed by atoms with van der Waals surface area (Å²) in [7, 11) is 4.82. The van der Waals surface area contributed by atoms with Crippen molar-refractivity contribution in [2.24, 2.45) is 0 Å². The summed E-state index contributed by atoms with van der Waals surface area (Å²) >= 11 is 1.35. The Balaban J connectivity index is 1.02. The fraction of sp³-hybridized carbons (Fsp3) is 0.167. The molecule has 0 amide bonds. The first kappa shape index (κ1) is 30.0. The van der Waals surface area contributed by atoms with E-state index in [2.05, 4.69) is 10.1 Å². The van der Waals surface area contributed by atoms with Gasteiger partial charge in [0.1, 0.15) is 48.3 Å². The van der Waals surface area contributed by atoms with Crippen LogP contribution in [0.5, 0.6) is 33.9 Å². The van der Waals surface area contributed by atoms with Gasteiger partial charge in [0.25, 0.3) is 5.19 Å². The van der Waals surface area contributed by atoms with Gasteiger partial charge in [-0.15, -0.1) is 5.10 Å². The van der Waals surface area contributed by atoms with Gasteiger partial charge in [-0.1, -0.05) is 48.5 Å². The predicted molar refractivity (Wildman–Crippen MR) is 178 cm³/mol. The fourth-order valence-corrected chi connectivity index (χ4v) is 5.74. The summed E-state index contributed by atoms with van der Waals surface area (Å²) in [6.07, 6.45) is 1.81. The van der Waals surface area contributed by atoms with Crippen LogP contribution in [0.3, 0.4) is 0 Å². The van der Waals surface area contributed by atoms with Gasteiger partial charge in [-0.2, -0.15) is 0 Å². The molecule has 0 aliphatic rings. The Morgan fingerprint density at radius 2 is 1.45 bits per heavy atom. The van der Waals surface area contributed by atoms with E-state index in [1.165, 1.54) is 11.3 Å². The largest absolute Gasteiger partial charge is 0.496 e. The average molecular weight is 650 g/mol. The number of methoxy groups -OCH3 is 3. The molecule has 3 aromatic heterocycles. The maximum atomic E-state index is 6.31. The minimum Gasteiger partial charge on any atom is -0.496 e.